The fraction of sp³-hybridized carbons (Fsp3) is 0.200. The zero-order valence-corrected chi connectivity index (χ0v) is 13.4. The quantitative estimate of drug-likeness (QED) is 0.793. The van der Waals surface area contributed by atoms with Gasteiger partial charge in [0.05, 0.1) is 10.9 Å². The van der Waals surface area contributed by atoms with E-state index < -0.39 is 10.0 Å². The Balaban J connectivity index is 1.89. The number of halogens is 1. The molecule has 1 aliphatic heterocycles. The largest absolute Gasteiger partial charge is 0.243 e. The number of rotatable bonds is 3. The van der Waals surface area contributed by atoms with Crippen molar-refractivity contribution in [1.29, 1.82) is 0 Å². The van der Waals surface area contributed by atoms with Gasteiger partial charge < -0.3 is 0 Å². The van der Waals surface area contributed by atoms with E-state index in [0.29, 0.717) is 11.4 Å². The fourth-order valence-electron chi connectivity index (χ4n) is 2.23. The lowest BCUT2D eigenvalue weighted by Crippen LogP contribution is -2.12. The van der Waals surface area contributed by atoms with Crippen LogP contribution < -0.4 is 0 Å². The van der Waals surface area contributed by atoms with Crippen LogP contribution in [0.2, 0.25) is 0 Å². The molecule has 0 bridgehead atoms. The molecule has 0 aromatic heterocycles. The number of nitrogens with zero attached hydrogens (tertiary/aromatic N) is 1. The zero-order chi connectivity index (χ0) is 14.3. The standard InChI is InChI=1S/C15H14BrNO2S/c1-11-6-8-12(9-7-11)20(18,19)17-10-15(17)13-4-2-3-5-14(13)16/h2-9,15H,10H2,1H3. The molecule has 2 aromatic rings. The van der Waals surface area contributed by atoms with E-state index in [1.807, 2.05) is 43.3 Å². The molecule has 0 spiro atoms. The van der Waals surface area contributed by atoms with E-state index in [0.717, 1.165) is 15.6 Å². The van der Waals surface area contributed by atoms with Gasteiger partial charge in [-0.15, -0.1) is 0 Å². The predicted octanol–water partition coefficient (Wildman–Crippen LogP) is 3.50. The highest BCUT2D eigenvalue weighted by molar-refractivity contribution is 9.10. The second kappa shape index (κ2) is 4.98. The Labute approximate surface area is 127 Å². The minimum absolute atomic E-state index is 0.0584. The van der Waals surface area contributed by atoms with Crippen LogP contribution in [-0.4, -0.2) is 19.3 Å². The van der Waals surface area contributed by atoms with Gasteiger partial charge in [0.15, 0.2) is 0 Å². The van der Waals surface area contributed by atoms with Crippen LogP contribution in [0.1, 0.15) is 17.2 Å². The van der Waals surface area contributed by atoms with Gasteiger partial charge in [0.2, 0.25) is 10.0 Å². The molecule has 3 nitrogen and oxygen atoms in total. The summed E-state index contributed by atoms with van der Waals surface area (Å²) in [6, 6.07) is 14.7. The minimum Gasteiger partial charge on any atom is -0.207 e. The Morgan fingerprint density at radius 3 is 2.40 bits per heavy atom. The summed E-state index contributed by atoms with van der Waals surface area (Å²) in [5, 5.41) is 0. The van der Waals surface area contributed by atoms with E-state index >= 15 is 0 Å². The van der Waals surface area contributed by atoms with Crippen LogP contribution in [0.3, 0.4) is 0 Å². The Kier molecular flexibility index (Phi) is 3.44. The number of hydrogen-bond acceptors (Lipinski definition) is 2. The maximum atomic E-state index is 12.5. The summed E-state index contributed by atoms with van der Waals surface area (Å²) in [4.78, 5) is 0.359. The van der Waals surface area contributed by atoms with Gasteiger partial charge in [0, 0.05) is 11.0 Å². The summed E-state index contributed by atoms with van der Waals surface area (Å²) in [5.74, 6) is 0. The van der Waals surface area contributed by atoms with Crippen molar-refractivity contribution in [1.82, 2.24) is 4.31 Å². The van der Waals surface area contributed by atoms with E-state index in [1.54, 1.807) is 12.1 Å². The van der Waals surface area contributed by atoms with Crippen LogP contribution >= 0.6 is 15.9 Å². The molecule has 1 aliphatic rings. The molecule has 104 valence electrons. The van der Waals surface area contributed by atoms with Crippen molar-refractivity contribution in [3.05, 3.63) is 64.1 Å². The molecule has 5 heteroatoms. The molecule has 0 aliphatic carbocycles. The average Bonchev–Trinajstić information content (AvgIpc) is 3.20. The zero-order valence-electron chi connectivity index (χ0n) is 11.0. The molecule has 0 N–H and O–H groups in total. The van der Waals surface area contributed by atoms with Gasteiger partial charge in [-0.1, -0.05) is 51.8 Å². The lowest BCUT2D eigenvalue weighted by Gasteiger charge is -2.08. The van der Waals surface area contributed by atoms with E-state index in [2.05, 4.69) is 15.9 Å². The number of sulfonamides is 1. The molecule has 0 radical (unpaired) electrons. The van der Waals surface area contributed by atoms with Crippen LogP contribution in [0.4, 0.5) is 0 Å². The molecule has 0 saturated carbocycles. The number of benzene rings is 2. The summed E-state index contributed by atoms with van der Waals surface area (Å²) in [5.41, 5.74) is 2.07. The topological polar surface area (TPSA) is 37.1 Å². The molecule has 2 atom stereocenters. The molecular formula is C15H14BrNO2S. The van der Waals surface area contributed by atoms with Gasteiger partial charge in [-0.2, -0.15) is 4.31 Å². The summed E-state index contributed by atoms with van der Waals surface area (Å²) in [6.45, 7) is 2.48. The van der Waals surface area contributed by atoms with Crippen molar-refractivity contribution in [3.8, 4) is 0 Å². The highest BCUT2D eigenvalue weighted by Gasteiger charge is 2.46. The summed E-state index contributed by atoms with van der Waals surface area (Å²) in [7, 11) is -3.38. The normalized spacial score (nSPS) is 21.7. The second-order valence-electron chi connectivity index (χ2n) is 4.93. The average molecular weight is 352 g/mol. The number of aryl methyl sites for hydroxylation is 1. The monoisotopic (exact) mass is 351 g/mol. The summed E-state index contributed by atoms with van der Waals surface area (Å²) in [6.07, 6.45) is 0. The van der Waals surface area contributed by atoms with Crippen molar-refractivity contribution in [2.75, 3.05) is 6.54 Å². The lowest BCUT2D eigenvalue weighted by molar-refractivity contribution is 0.554. The van der Waals surface area contributed by atoms with Gasteiger partial charge in [-0.25, -0.2) is 8.42 Å². The van der Waals surface area contributed by atoms with Gasteiger partial charge in [0.25, 0.3) is 0 Å². The van der Waals surface area contributed by atoms with Gasteiger partial charge >= 0.3 is 0 Å². The van der Waals surface area contributed by atoms with E-state index in [-0.39, 0.29) is 6.04 Å². The van der Waals surface area contributed by atoms with E-state index in [1.165, 1.54) is 4.31 Å². The van der Waals surface area contributed by atoms with Crippen molar-refractivity contribution in [3.63, 3.8) is 0 Å². The first-order chi connectivity index (χ1) is 9.50. The molecule has 1 fully saturated rings. The highest BCUT2D eigenvalue weighted by Crippen LogP contribution is 2.42. The van der Waals surface area contributed by atoms with E-state index in [4.69, 9.17) is 0 Å². The van der Waals surface area contributed by atoms with Crippen LogP contribution in [-0.2, 0) is 10.0 Å². The third-order valence-corrected chi connectivity index (χ3v) is 6.07. The maximum absolute atomic E-state index is 12.5. The Bertz CT molecular complexity index is 741. The van der Waals surface area contributed by atoms with Crippen molar-refractivity contribution >= 4 is 26.0 Å². The summed E-state index contributed by atoms with van der Waals surface area (Å²) < 4.78 is 27.5. The molecule has 2 aromatic carbocycles. The molecule has 3 rings (SSSR count). The first-order valence-electron chi connectivity index (χ1n) is 6.33. The molecule has 0 amide bonds. The maximum Gasteiger partial charge on any atom is 0.243 e. The van der Waals surface area contributed by atoms with Crippen LogP contribution in [0.5, 0.6) is 0 Å². The highest BCUT2D eigenvalue weighted by atomic mass is 79.9. The first-order valence-corrected chi connectivity index (χ1v) is 8.56. The molecule has 1 saturated heterocycles. The van der Waals surface area contributed by atoms with Crippen LogP contribution in [0.15, 0.2) is 57.9 Å². The van der Waals surface area contributed by atoms with Crippen molar-refractivity contribution in [2.45, 2.75) is 17.9 Å². The van der Waals surface area contributed by atoms with Crippen LogP contribution in [0, 0.1) is 6.92 Å². The summed E-state index contributed by atoms with van der Waals surface area (Å²) >= 11 is 3.48. The van der Waals surface area contributed by atoms with Gasteiger partial charge in [-0.3, -0.25) is 0 Å². The van der Waals surface area contributed by atoms with Gasteiger partial charge in [0.1, 0.15) is 0 Å². The first kappa shape index (κ1) is 13.8. The second-order valence-corrected chi connectivity index (χ2v) is 7.67. The van der Waals surface area contributed by atoms with Crippen molar-refractivity contribution in [2.24, 2.45) is 0 Å². The molecular weight excluding hydrogens is 338 g/mol. The van der Waals surface area contributed by atoms with Crippen molar-refractivity contribution < 1.29 is 8.42 Å². The SMILES string of the molecule is Cc1ccc(S(=O)(=O)N2CC2c2ccccc2Br)cc1. The van der Waals surface area contributed by atoms with Crippen LogP contribution in [0.25, 0.3) is 0 Å². The predicted molar refractivity (Wildman–Crippen MR) is 82.0 cm³/mol. The molecule has 2 unspecified atom stereocenters. The van der Waals surface area contributed by atoms with Gasteiger partial charge in [-0.05, 0) is 30.7 Å². The Morgan fingerprint density at radius 1 is 1.10 bits per heavy atom. The third-order valence-electron chi connectivity index (χ3n) is 3.46. The molecule has 20 heavy (non-hydrogen) atoms. The molecule has 1 heterocycles. The Hall–Kier alpha value is -1.17. The van der Waals surface area contributed by atoms with E-state index in [9.17, 15) is 8.42 Å². The lowest BCUT2D eigenvalue weighted by atomic mass is 10.2. The smallest absolute Gasteiger partial charge is 0.207 e. The third kappa shape index (κ3) is 2.41. The minimum atomic E-state index is -3.38. The Morgan fingerprint density at radius 2 is 1.75 bits per heavy atom. The number of hydrogen-bond donors (Lipinski definition) is 0. The fourth-order valence-corrected chi connectivity index (χ4v) is 4.32.